The number of benzene rings is 2. The van der Waals surface area contributed by atoms with Crippen molar-refractivity contribution in [3.05, 3.63) is 78.1 Å². The van der Waals surface area contributed by atoms with Crippen molar-refractivity contribution in [3.63, 3.8) is 0 Å². The number of ether oxygens (including phenoxy) is 1. The number of para-hydroxylation sites is 1. The van der Waals surface area contributed by atoms with Crippen molar-refractivity contribution in [1.82, 2.24) is 20.1 Å². The molecule has 0 saturated carbocycles. The third-order valence-electron chi connectivity index (χ3n) is 5.65. The average molecular weight is 508 g/mol. The maximum Gasteiger partial charge on any atom is 0.251 e. The Kier molecular flexibility index (Phi) is 9.69. The van der Waals surface area contributed by atoms with Crippen LogP contribution >= 0.6 is 11.8 Å². The number of rotatable bonds is 12. The number of hydrogen-bond acceptors (Lipinski definition) is 6. The second-order valence-corrected chi connectivity index (χ2v) is 9.45. The Morgan fingerprint density at radius 2 is 1.86 bits per heavy atom. The molecule has 1 heterocycles. The van der Waals surface area contributed by atoms with E-state index in [1.54, 1.807) is 37.5 Å². The number of anilines is 1. The minimum absolute atomic E-state index is 0.0478. The zero-order chi connectivity index (χ0) is 26.1. The van der Waals surface area contributed by atoms with Crippen LogP contribution in [-0.2, 0) is 17.8 Å². The summed E-state index contributed by atoms with van der Waals surface area (Å²) in [6.07, 6.45) is 2.58. The van der Waals surface area contributed by atoms with Crippen LogP contribution < -0.4 is 15.4 Å². The summed E-state index contributed by atoms with van der Waals surface area (Å²) in [7, 11) is 1.58. The molecular weight excluding hydrogens is 474 g/mol. The summed E-state index contributed by atoms with van der Waals surface area (Å²) in [6, 6.07) is 14.3. The molecular formula is C27H33N5O3S. The first-order valence-corrected chi connectivity index (χ1v) is 12.9. The van der Waals surface area contributed by atoms with Crippen LogP contribution in [0.3, 0.4) is 0 Å². The first-order valence-electron chi connectivity index (χ1n) is 11.9. The minimum Gasteiger partial charge on any atom is -0.497 e. The molecule has 3 aromatic rings. The van der Waals surface area contributed by atoms with Gasteiger partial charge >= 0.3 is 0 Å². The summed E-state index contributed by atoms with van der Waals surface area (Å²) < 4.78 is 7.07. The number of amides is 2. The number of carbonyl (C=O) groups is 2. The molecule has 0 aliphatic heterocycles. The SMILES string of the molecule is C=CCn1c(SCC(=O)Nc2ccccc2CC)nnc1[C@@H](NC(=O)c1ccc(OC)cc1)C(C)C. The first kappa shape index (κ1) is 27.0. The predicted molar refractivity (Wildman–Crippen MR) is 143 cm³/mol. The van der Waals surface area contributed by atoms with Gasteiger partial charge in [0.25, 0.3) is 5.91 Å². The highest BCUT2D eigenvalue weighted by Gasteiger charge is 2.26. The maximum absolute atomic E-state index is 13.0. The molecule has 3 rings (SSSR count). The molecule has 0 aliphatic rings. The maximum atomic E-state index is 13.0. The summed E-state index contributed by atoms with van der Waals surface area (Å²) >= 11 is 1.30. The lowest BCUT2D eigenvalue weighted by atomic mass is 10.0. The van der Waals surface area contributed by atoms with Gasteiger partial charge in [0, 0.05) is 17.8 Å². The van der Waals surface area contributed by atoms with Crippen molar-refractivity contribution in [1.29, 1.82) is 0 Å². The van der Waals surface area contributed by atoms with E-state index in [0.717, 1.165) is 17.7 Å². The number of nitrogens with zero attached hydrogens (tertiary/aromatic N) is 3. The van der Waals surface area contributed by atoms with E-state index in [-0.39, 0.29) is 29.5 Å². The normalized spacial score (nSPS) is 11.7. The van der Waals surface area contributed by atoms with E-state index in [0.29, 0.717) is 28.8 Å². The van der Waals surface area contributed by atoms with E-state index in [1.807, 2.05) is 42.7 Å². The lowest BCUT2D eigenvalue weighted by Gasteiger charge is -2.22. The molecule has 1 atom stereocenters. The predicted octanol–water partition coefficient (Wildman–Crippen LogP) is 4.89. The molecule has 0 unspecified atom stereocenters. The monoisotopic (exact) mass is 507 g/mol. The molecule has 2 aromatic carbocycles. The second kappa shape index (κ2) is 12.9. The van der Waals surface area contributed by atoms with Gasteiger partial charge < -0.3 is 19.9 Å². The number of nitrogens with one attached hydrogen (secondary N) is 2. The molecule has 8 nitrogen and oxygen atoms in total. The van der Waals surface area contributed by atoms with Crippen LogP contribution in [0.15, 0.2) is 66.3 Å². The van der Waals surface area contributed by atoms with Gasteiger partial charge in [-0.25, -0.2) is 0 Å². The number of hydrogen-bond donors (Lipinski definition) is 2. The second-order valence-electron chi connectivity index (χ2n) is 8.51. The van der Waals surface area contributed by atoms with Crippen LogP contribution in [0.1, 0.15) is 48.6 Å². The molecule has 0 aliphatic carbocycles. The molecule has 2 N–H and O–H groups in total. The Hall–Kier alpha value is -3.59. The Morgan fingerprint density at radius 1 is 1.14 bits per heavy atom. The van der Waals surface area contributed by atoms with E-state index in [2.05, 4.69) is 34.3 Å². The highest BCUT2D eigenvalue weighted by atomic mass is 32.2. The van der Waals surface area contributed by atoms with Gasteiger partial charge in [-0.2, -0.15) is 0 Å². The van der Waals surface area contributed by atoms with Crippen molar-refractivity contribution < 1.29 is 14.3 Å². The molecule has 2 amide bonds. The molecule has 0 spiro atoms. The highest BCUT2D eigenvalue weighted by Crippen LogP contribution is 2.26. The quantitative estimate of drug-likeness (QED) is 0.267. The van der Waals surface area contributed by atoms with Crippen LogP contribution in [0.2, 0.25) is 0 Å². The standard InChI is InChI=1S/C27H33N5O3S/c1-6-16-32-25(24(18(3)4)29-26(34)20-12-14-21(35-5)15-13-20)30-31-27(32)36-17-23(33)28-22-11-9-8-10-19(22)7-2/h6,8-15,18,24H,1,7,16-17H2,2-5H3,(H,28,33)(H,29,34)/t24-/m0/s1. The summed E-state index contributed by atoms with van der Waals surface area (Å²) in [4.78, 5) is 25.6. The molecule has 36 heavy (non-hydrogen) atoms. The summed E-state index contributed by atoms with van der Waals surface area (Å²) in [5.74, 6) is 1.19. The Bertz CT molecular complexity index is 1190. The zero-order valence-electron chi connectivity index (χ0n) is 21.2. The number of aromatic nitrogens is 3. The van der Waals surface area contributed by atoms with Crippen LogP contribution in [-0.4, -0.2) is 39.4 Å². The van der Waals surface area contributed by atoms with E-state index >= 15 is 0 Å². The molecule has 0 bridgehead atoms. The van der Waals surface area contributed by atoms with Crippen LogP contribution in [0.25, 0.3) is 0 Å². The Labute approximate surface area is 216 Å². The van der Waals surface area contributed by atoms with E-state index in [9.17, 15) is 9.59 Å². The molecule has 190 valence electrons. The summed E-state index contributed by atoms with van der Waals surface area (Å²) in [5.41, 5.74) is 2.43. The summed E-state index contributed by atoms with van der Waals surface area (Å²) in [6.45, 7) is 10.4. The van der Waals surface area contributed by atoms with E-state index < -0.39 is 0 Å². The minimum atomic E-state index is -0.383. The van der Waals surface area contributed by atoms with Gasteiger partial charge in [-0.1, -0.05) is 56.8 Å². The van der Waals surface area contributed by atoms with E-state index in [4.69, 9.17) is 4.74 Å². The number of allylic oxidation sites excluding steroid dienone is 1. The van der Waals surface area contributed by atoms with Crippen molar-refractivity contribution in [3.8, 4) is 5.75 Å². The number of aryl methyl sites for hydroxylation is 1. The lowest BCUT2D eigenvalue weighted by molar-refractivity contribution is -0.113. The fourth-order valence-electron chi connectivity index (χ4n) is 3.70. The third-order valence-corrected chi connectivity index (χ3v) is 6.61. The van der Waals surface area contributed by atoms with Gasteiger partial charge in [-0.3, -0.25) is 9.59 Å². The van der Waals surface area contributed by atoms with Gasteiger partial charge in [-0.05, 0) is 48.2 Å². The van der Waals surface area contributed by atoms with Gasteiger partial charge in [0.1, 0.15) is 5.75 Å². The van der Waals surface area contributed by atoms with Crippen molar-refractivity contribution in [2.45, 2.75) is 44.9 Å². The van der Waals surface area contributed by atoms with Gasteiger partial charge in [-0.15, -0.1) is 16.8 Å². The highest BCUT2D eigenvalue weighted by molar-refractivity contribution is 7.99. The number of thioether (sulfide) groups is 1. The average Bonchev–Trinajstić information content (AvgIpc) is 3.28. The van der Waals surface area contributed by atoms with Crippen LogP contribution in [0.4, 0.5) is 5.69 Å². The molecule has 0 fully saturated rings. The Morgan fingerprint density at radius 3 is 2.50 bits per heavy atom. The molecule has 1 aromatic heterocycles. The molecule has 0 saturated heterocycles. The third kappa shape index (κ3) is 6.75. The zero-order valence-corrected chi connectivity index (χ0v) is 22.0. The largest absolute Gasteiger partial charge is 0.497 e. The van der Waals surface area contributed by atoms with Crippen molar-refractivity contribution in [2.75, 3.05) is 18.2 Å². The van der Waals surface area contributed by atoms with Crippen molar-refractivity contribution in [2.24, 2.45) is 5.92 Å². The van der Waals surface area contributed by atoms with Crippen LogP contribution in [0.5, 0.6) is 5.75 Å². The summed E-state index contributed by atoms with van der Waals surface area (Å²) in [5, 5.41) is 15.4. The first-order chi connectivity index (χ1) is 17.4. The van der Waals surface area contributed by atoms with Crippen LogP contribution in [0, 0.1) is 5.92 Å². The molecule has 9 heteroatoms. The van der Waals surface area contributed by atoms with Crippen molar-refractivity contribution >= 4 is 29.3 Å². The molecule has 0 radical (unpaired) electrons. The smallest absolute Gasteiger partial charge is 0.251 e. The van der Waals surface area contributed by atoms with Gasteiger partial charge in [0.2, 0.25) is 5.91 Å². The number of methoxy groups -OCH3 is 1. The van der Waals surface area contributed by atoms with E-state index in [1.165, 1.54) is 11.8 Å². The fourth-order valence-corrected chi connectivity index (χ4v) is 4.46. The Balaban J connectivity index is 1.75. The topological polar surface area (TPSA) is 98.1 Å². The number of carbonyl (C=O) groups excluding carboxylic acids is 2. The fraction of sp³-hybridized carbons (Fsp3) is 0.333. The lowest BCUT2D eigenvalue weighted by Crippen LogP contribution is -2.33. The van der Waals surface area contributed by atoms with Gasteiger partial charge in [0.15, 0.2) is 11.0 Å². The van der Waals surface area contributed by atoms with Gasteiger partial charge in [0.05, 0.1) is 18.9 Å².